The van der Waals surface area contributed by atoms with Crippen LogP contribution in [-0.4, -0.2) is 59.7 Å². The molecule has 1 rings (SSSR count). The second kappa shape index (κ2) is 5.82. The Labute approximate surface area is 88.0 Å². The molecule has 0 aromatic rings. The predicted octanol–water partition coefficient (Wildman–Crippen LogP) is -2.18. The molecule has 0 unspecified atom stereocenters. The van der Waals surface area contributed by atoms with Gasteiger partial charge in [-0.15, -0.1) is 12.4 Å². The summed E-state index contributed by atoms with van der Waals surface area (Å²) in [4.78, 5) is 0. The Morgan fingerprint density at radius 3 is 2.21 bits per heavy atom. The second-order valence-electron chi connectivity index (χ2n) is 2.99. The van der Waals surface area contributed by atoms with Crippen LogP contribution in [0.1, 0.15) is 0 Å². The van der Waals surface area contributed by atoms with Gasteiger partial charge in [0.2, 0.25) is 0 Å². The molecule has 1 fully saturated rings. The molecule has 0 aromatic carbocycles. The number of aliphatic hydroxyl groups excluding tert-OH is 3. The van der Waals surface area contributed by atoms with Gasteiger partial charge in [-0.3, -0.25) is 0 Å². The van der Waals surface area contributed by atoms with Gasteiger partial charge in [0.1, 0.15) is 24.4 Å². The third kappa shape index (κ3) is 2.54. The molecule has 0 bridgehead atoms. The molecule has 1 heterocycles. The number of hydrogen-bond acceptors (Lipinski definition) is 6. The molecule has 1 saturated heterocycles. The summed E-state index contributed by atoms with van der Waals surface area (Å²) in [6, 6.07) is 0. The van der Waals surface area contributed by atoms with Crippen molar-refractivity contribution in [1.82, 2.24) is 0 Å². The first-order valence-corrected chi connectivity index (χ1v) is 4.04. The molecule has 7 heteroatoms. The molecule has 86 valence electrons. The van der Waals surface area contributed by atoms with Crippen LogP contribution in [0.2, 0.25) is 0 Å². The molecule has 0 aromatic heterocycles. The molecular formula is C7H16ClNO5. The zero-order chi connectivity index (χ0) is 10.0. The van der Waals surface area contributed by atoms with Gasteiger partial charge >= 0.3 is 0 Å². The highest BCUT2D eigenvalue weighted by molar-refractivity contribution is 5.85. The third-order valence-corrected chi connectivity index (χ3v) is 2.13. The van der Waals surface area contributed by atoms with Crippen molar-refractivity contribution in [2.45, 2.75) is 30.7 Å². The lowest BCUT2D eigenvalue weighted by Gasteiger charge is -2.39. The minimum atomic E-state index is -1.28. The maximum absolute atomic E-state index is 9.35. The zero-order valence-electron chi connectivity index (χ0n) is 7.74. The summed E-state index contributed by atoms with van der Waals surface area (Å²) in [5, 5.41) is 28.0. The fourth-order valence-electron chi connectivity index (χ4n) is 1.31. The number of ether oxygens (including phenoxy) is 2. The molecule has 5 N–H and O–H groups in total. The van der Waals surface area contributed by atoms with Crippen molar-refractivity contribution in [3.05, 3.63) is 0 Å². The van der Waals surface area contributed by atoms with E-state index in [2.05, 4.69) is 0 Å². The number of halogens is 1. The quantitative estimate of drug-likeness (QED) is 0.429. The van der Waals surface area contributed by atoms with Gasteiger partial charge in [-0.1, -0.05) is 0 Å². The molecule has 6 nitrogen and oxygen atoms in total. The summed E-state index contributed by atoms with van der Waals surface area (Å²) in [6.07, 6.45) is -5.35. The predicted molar refractivity (Wildman–Crippen MR) is 50.0 cm³/mol. The Hall–Kier alpha value is 0.0500. The van der Waals surface area contributed by atoms with Crippen molar-refractivity contribution in [2.24, 2.45) is 5.73 Å². The van der Waals surface area contributed by atoms with E-state index >= 15 is 0 Å². The highest BCUT2D eigenvalue weighted by atomic mass is 35.5. The number of aliphatic hydroxyl groups is 3. The van der Waals surface area contributed by atoms with Crippen LogP contribution in [0.4, 0.5) is 0 Å². The van der Waals surface area contributed by atoms with Crippen LogP contribution in [0.25, 0.3) is 0 Å². The van der Waals surface area contributed by atoms with Crippen LogP contribution >= 0.6 is 12.4 Å². The fraction of sp³-hybridized carbons (Fsp3) is 1.00. The number of methoxy groups -OCH3 is 1. The van der Waals surface area contributed by atoms with E-state index in [-0.39, 0.29) is 19.0 Å². The van der Waals surface area contributed by atoms with Crippen molar-refractivity contribution < 1.29 is 24.8 Å². The minimum Gasteiger partial charge on any atom is -0.388 e. The fourth-order valence-corrected chi connectivity index (χ4v) is 1.31. The zero-order valence-corrected chi connectivity index (χ0v) is 8.55. The highest BCUT2D eigenvalue weighted by Gasteiger charge is 2.43. The van der Waals surface area contributed by atoms with Gasteiger partial charge in [-0.25, -0.2) is 0 Å². The highest BCUT2D eigenvalue weighted by Crippen LogP contribution is 2.20. The SMILES string of the molecule is CO[C@H]1O[C@H](CN)[C@@H](O)[C@H](O)[C@@H]1O.Cl. The second-order valence-corrected chi connectivity index (χ2v) is 2.99. The molecule has 5 atom stereocenters. The summed E-state index contributed by atoms with van der Waals surface area (Å²) in [5.74, 6) is 0. The summed E-state index contributed by atoms with van der Waals surface area (Å²) in [6.45, 7) is 0.0603. The van der Waals surface area contributed by atoms with E-state index in [9.17, 15) is 15.3 Å². The van der Waals surface area contributed by atoms with Gasteiger partial charge < -0.3 is 30.5 Å². The van der Waals surface area contributed by atoms with Crippen molar-refractivity contribution in [1.29, 1.82) is 0 Å². The Morgan fingerprint density at radius 1 is 1.21 bits per heavy atom. The van der Waals surface area contributed by atoms with Gasteiger partial charge in [-0.05, 0) is 0 Å². The van der Waals surface area contributed by atoms with Crippen molar-refractivity contribution in [2.75, 3.05) is 13.7 Å². The molecule has 0 radical (unpaired) electrons. The van der Waals surface area contributed by atoms with E-state index in [4.69, 9.17) is 15.2 Å². The van der Waals surface area contributed by atoms with Gasteiger partial charge in [0, 0.05) is 13.7 Å². The maximum Gasteiger partial charge on any atom is 0.186 e. The third-order valence-electron chi connectivity index (χ3n) is 2.13. The van der Waals surface area contributed by atoms with Crippen LogP contribution in [0, 0.1) is 0 Å². The first-order chi connectivity index (χ1) is 6.11. The number of nitrogens with two attached hydrogens (primary N) is 1. The normalized spacial score (nSPS) is 43.1. The van der Waals surface area contributed by atoms with Crippen LogP contribution in [-0.2, 0) is 9.47 Å². The standard InChI is InChI=1S/C7H15NO5.ClH/c1-12-7-6(11)5(10)4(9)3(2-8)13-7;/h3-7,9-11H,2,8H2,1H3;1H/t3-,4-,5+,6+,7+;/m1./s1. The minimum absolute atomic E-state index is 0. The first-order valence-electron chi connectivity index (χ1n) is 4.04. The average Bonchev–Trinajstić information content (AvgIpc) is 2.15. The lowest BCUT2D eigenvalue weighted by Crippen LogP contribution is -2.59. The van der Waals surface area contributed by atoms with Gasteiger partial charge in [0.25, 0.3) is 0 Å². The van der Waals surface area contributed by atoms with Crippen molar-refractivity contribution >= 4 is 12.4 Å². The largest absolute Gasteiger partial charge is 0.388 e. The van der Waals surface area contributed by atoms with Gasteiger partial charge in [0.05, 0.1) is 0 Å². The monoisotopic (exact) mass is 229 g/mol. The van der Waals surface area contributed by atoms with E-state index in [1.54, 1.807) is 0 Å². The van der Waals surface area contributed by atoms with Crippen LogP contribution < -0.4 is 5.73 Å². The smallest absolute Gasteiger partial charge is 0.186 e. The van der Waals surface area contributed by atoms with E-state index in [1.807, 2.05) is 0 Å². The summed E-state index contributed by atoms with van der Waals surface area (Å²) >= 11 is 0. The van der Waals surface area contributed by atoms with Crippen LogP contribution in [0.5, 0.6) is 0 Å². The molecule has 0 amide bonds. The molecule has 1 aliphatic rings. The average molecular weight is 230 g/mol. The number of rotatable bonds is 2. The van der Waals surface area contributed by atoms with E-state index < -0.39 is 30.7 Å². The molecule has 14 heavy (non-hydrogen) atoms. The van der Waals surface area contributed by atoms with Crippen LogP contribution in [0.15, 0.2) is 0 Å². The number of hydrogen-bond donors (Lipinski definition) is 4. The summed E-state index contributed by atoms with van der Waals surface area (Å²) in [7, 11) is 1.34. The molecule has 1 aliphatic heterocycles. The van der Waals surface area contributed by atoms with Crippen LogP contribution in [0.3, 0.4) is 0 Å². The van der Waals surface area contributed by atoms with Gasteiger partial charge in [-0.2, -0.15) is 0 Å². The molecule has 0 aliphatic carbocycles. The molecular weight excluding hydrogens is 214 g/mol. The lowest BCUT2D eigenvalue weighted by atomic mass is 9.99. The van der Waals surface area contributed by atoms with E-state index in [1.165, 1.54) is 7.11 Å². The molecule has 0 spiro atoms. The Morgan fingerprint density at radius 2 is 1.79 bits per heavy atom. The van der Waals surface area contributed by atoms with Crippen molar-refractivity contribution in [3.8, 4) is 0 Å². The summed E-state index contributed by atoms with van der Waals surface area (Å²) in [5.41, 5.74) is 5.28. The Kier molecular flexibility index (Phi) is 5.84. The van der Waals surface area contributed by atoms with E-state index in [0.717, 1.165) is 0 Å². The topological polar surface area (TPSA) is 105 Å². The molecule has 0 saturated carbocycles. The van der Waals surface area contributed by atoms with E-state index in [0.29, 0.717) is 0 Å². The lowest BCUT2D eigenvalue weighted by molar-refractivity contribution is -0.287. The maximum atomic E-state index is 9.35. The van der Waals surface area contributed by atoms with Crippen molar-refractivity contribution in [3.63, 3.8) is 0 Å². The van der Waals surface area contributed by atoms with Gasteiger partial charge in [0.15, 0.2) is 6.29 Å². The Bertz CT molecular complexity index is 152. The Balaban J connectivity index is 0.00000169. The first kappa shape index (κ1) is 14.1. The summed E-state index contributed by atoms with van der Waals surface area (Å²) < 4.78 is 9.83.